The molecule has 1 N–H and O–H groups in total. The topological polar surface area (TPSA) is 47.0 Å². The summed E-state index contributed by atoms with van der Waals surface area (Å²) in [5.41, 5.74) is 2.75. The lowest BCUT2D eigenvalue weighted by Crippen LogP contribution is -2.07. The predicted octanol–water partition coefficient (Wildman–Crippen LogP) is 2.53. The lowest BCUT2D eigenvalue weighted by Gasteiger charge is -2.11. The quantitative estimate of drug-likeness (QED) is 0.921. The van der Waals surface area contributed by atoms with E-state index in [1.54, 1.807) is 19.5 Å². The highest BCUT2D eigenvalue weighted by molar-refractivity contribution is 6.30. The average molecular weight is 264 g/mol. The number of benzene rings is 1. The van der Waals surface area contributed by atoms with Gasteiger partial charge in [-0.1, -0.05) is 17.7 Å². The molecule has 0 saturated carbocycles. The Balaban J connectivity index is 2.55. The van der Waals surface area contributed by atoms with Gasteiger partial charge in [0.1, 0.15) is 5.69 Å². The third-order valence-corrected chi connectivity index (χ3v) is 2.78. The van der Waals surface area contributed by atoms with Gasteiger partial charge in [-0.15, -0.1) is 0 Å². The number of rotatable bonds is 4. The summed E-state index contributed by atoms with van der Waals surface area (Å²) in [6.45, 7) is 0.704. The second-order valence-electron chi connectivity index (χ2n) is 3.75. The highest BCUT2D eigenvalue weighted by Gasteiger charge is 2.12. The minimum atomic E-state index is 0.511. The van der Waals surface area contributed by atoms with Crippen molar-refractivity contribution in [3.63, 3.8) is 0 Å². The first-order valence-corrected chi connectivity index (χ1v) is 5.92. The summed E-state index contributed by atoms with van der Waals surface area (Å²) in [6.07, 6.45) is 3.26. The first kappa shape index (κ1) is 12.8. The summed E-state index contributed by atoms with van der Waals surface area (Å²) in [5, 5.41) is 3.81. The van der Waals surface area contributed by atoms with Gasteiger partial charge in [0.15, 0.2) is 0 Å². The average Bonchev–Trinajstić information content (AvgIpc) is 2.39. The first-order valence-electron chi connectivity index (χ1n) is 5.54. The molecule has 0 amide bonds. The van der Waals surface area contributed by atoms with Crippen molar-refractivity contribution >= 4 is 11.6 Å². The highest BCUT2D eigenvalue weighted by Crippen LogP contribution is 2.30. The van der Waals surface area contributed by atoms with Gasteiger partial charge >= 0.3 is 0 Å². The summed E-state index contributed by atoms with van der Waals surface area (Å²) in [6, 6.07) is 5.69. The molecule has 0 spiro atoms. The molecule has 0 aliphatic carbocycles. The van der Waals surface area contributed by atoms with Gasteiger partial charge in [0.25, 0.3) is 0 Å². The number of nitrogens with zero attached hydrogens (tertiary/aromatic N) is 2. The Labute approximate surface area is 111 Å². The molecule has 0 fully saturated rings. The van der Waals surface area contributed by atoms with Crippen molar-refractivity contribution < 1.29 is 4.74 Å². The molecule has 0 unspecified atom stereocenters. The van der Waals surface area contributed by atoms with Crippen LogP contribution in [0.3, 0.4) is 0 Å². The minimum Gasteiger partial charge on any atom is -0.479 e. The normalized spacial score (nSPS) is 10.4. The molecule has 5 heteroatoms. The molecule has 0 aliphatic heterocycles. The van der Waals surface area contributed by atoms with E-state index in [9.17, 15) is 0 Å². The van der Waals surface area contributed by atoms with Crippen LogP contribution in [-0.2, 0) is 6.54 Å². The standard InChI is InChI=1S/C13H14ClN3O/c1-15-8-9-7-10(14)3-4-11(9)12-13(18-2)17-6-5-16-12/h3-7,15H,8H2,1-2H3. The third kappa shape index (κ3) is 2.60. The lowest BCUT2D eigenvalue weighted by molar-refractivity contribution is 0.397. The fraction of sp³-hybridized carbons (Fsp3) is 0.231. The van der Waals surface area contributed by atoms with Gasteiger partial charge in [-0.25, -0.2) is 9.97 Å². The second kappa shape index (κ2) is 5.80. The van der Waals surface area contributed by atoms with Crippen LogP contribution in [-0.4, -0.2) is 24.1 Å². The number of hydrogen-bond donors (Lipinski definition) is 1. The zero-order chi connectivity index (χ0) is 13.0. The van der Waals surface area contributed by atoms with Gasteiger partial charge in [-0.2, -0.15) is 0 Å². The van der Waals surface area contributed by atoms with Crippen LogP contribution >= 0.6 is 11.6 Å². The fourth-order valence-electron chi connectivity index (χ4n) is 1.79. The monoisotopic (exact) mass is 263 g/mol. The molecular formula is C13H14ClN3O. The van der Waals surface area contributed by atoms with E-state index < -0.39 is 0 Å². The Kier molecular flexibility index (Phi) is 4.12. The summed E-state index contributed by atoms with van der Waals surface area (Å²) in [7, 11) is 3.47. The SMILES string of the molecule is CNCc1cc(Cl)ccc1-c1nccnc1OC. The van der Waals surface area contributed by atoms with Crippen molar-refractivity contribution in [2.45, 2.75) is 6.54 Å². The number of methoxy groups -OCH3 is 1. The summed E-state index contributed by atoms with van der Waals surface area (Å²) in [5.74, 6) is 0.511. The van der Waals surface area contributed by atoms with E-state index >= 15 is 0 Å². The van der Waals surface area contributed by atoms with Crippen molar-refractivity contribution in [2.24, 2.45) is 0 Å². The van der Waals surface area contributed by atoms with Gasteiger partial charge in [-0.3, -0.25) is 0 Å². The molecule has 2 rings (SSSR count). The van der Waals surface area contributed by atoms with E-state index in [4.69, 9.17) is 16.3 Å². The Morgan fingerprint density at radius 1 is 1.28 bits per heavy atom. The molecule has 18 heavy (non-hydrogen) atoms. The summed E-state index contributed by atoms with van der Waals surface area (Å²) < 4.78 is 5.24. The predicted molar refractivity (Wildman–Crippen MR) is 71.8 cm³/mol. The van der Waals surface area contributed by atoms with Gasteiger partial charge in [0, 0.05) is 29.5 Å². The second-order valence-corrected chi connectivity index (χ2v) is 4.18. The van der Waals surface area contributed by atoms with Crippen LogP contribution in [0.1, 0.15) is 5.56 Å². The first-order chi connectivity index (χ1) is 8.76. The molecule has 1 heterocycles. The summed E-state index contributed by atoms with van der Waals surface area (Å²) in [4.78, 5) is 8.49. The van der Waals surface area contributed by atoms with Crippen LogP contribution in [0.4, 0.5) is 0 Å². The molecule has 0 bridgehead atoms. The molecule has 1 aromatic heterocycles. The summed E-state index contributed by atoms with van der Waals surface area (Å²) >= 11 is 6.02. The zero-order valence-electron chi connectivity index (χ0n) is 10.3. The molecule has 1 aromatic carbocycles. The van der Waals surface area contributed by atoms with Gasteiger partial charge in [0.05, 0.1) is 7.11 Å². The van der Waals surface area contributed by atoms with E-state index in [0.717, 1.165) is 16.8 Å². The number of nitrogens with one attached hydrogen (secondary N) is 1. The van der Waals surface area contributed by atoms with Gasteiger partial charge in [-0.05, 0) is 24.7 Å². The Hall–Kier alpha value is -1.65. The number of aromatic nitrogens is 2. The molecule has 0 atom stereocenters. The van der Waals surface area contributed by atoms with Crippen LogP contribution in [0.25, 0.3) is 11.3 Å². The van der Waals surface area contributed by atoms with Crippen LogP contribution in [0.5, 0.6) is 5.88 Å². The van der Waals surface area contributed by atoms with E-state index in [-0.39, 0.29) is 0 Å². The van der Waals surface area contributed by atoms with E-state index in [1.807, 2.05) is 25.2 Å². The van der Waals surface area contributed by atoms with Crippen molar-refractivity contribution in [3.05, 3.63) is 41.2 Å². The van der Waals surface area contributed by atoms with Crippen molar-refractivity contribution in [1.29, 1.82) is 0 Å². The molecule has 2 aromatic rings. The maximum atomic E-state index is 6.02. The van der Waals surface area contributed by atoms with Crippen LogP contribution < -0.4 is 10.1 Å². The van der Waals surface area contributed by atoms with Crippen molar-refractivity contribution in [3.8, 4) is 17.1 Å². The number of ether oxygens (including phenoxy) is 1. The van der Waals surface area contributed by atoms with E-state index in [0.29, 0.717) is 17.4 Å². The lowest BCUT2D eigenvalue weighted by atomic mass is 10.0. The molecule has 0 aliphatic rings. The van der Waals surface area contributed by atoms with Crippen molar-refractivity contribution in [2.75, 3.05) is 14.2 Å². The number of halogens is 1. The molecule has 0 saturated heterocycles. The smallest absolute Gasteiger partial charge is 0.240 e. The Bertz CT molecular complexity index is 546. The number of hydrogen-bond acceptors (Lipinski definition) is 4. The van der Waals surface area contributed by atoms with Gasteiger partial charge < -0.3 is 10.1 Å². The van der Waals surface area contributed by atoms with E-state index in [2.05, 4.69) is 15.3 Å². The highest BCUT2D eigenvalue weighted by atomic mass is 35.5. The Morgan fingerprint density at radius 2 is 2.06 bits per heavy atom. The van der Waals surface area contributed by atoms with E-state index in [1.165, 1.54) is 0 Å². The maximum Gasteiger partial charge on any atom is 0.240 e. The third-order valence-electron chi connectivity index (χ3n) is 2.55. The fourth-order valence-corrected chi connectivity index (χ4v) is 1.98. The van der Waals surface area contributed by atoms with Crippen molar-refractivity contribution in [1.82, 2.24) is 15.3 Å². The molecule has 4 nitrogen and oxygen atoms in total. The van der Waals surface area contributed by atoms with Crippen LogP contribution in [0.2, 0.25) is 5.02 Å². The minimum absolute atomic E-state index is 0.511. The molecule has 0 radical (unpaired) electrons. The zero-order valence-corrected chi connectivity index (χ0v) is 11.0. The Morgan fingerprint density at radius 3 is 2.78 bits per heavy atom. The van der Waals surface area contributed by atoms with Crippen LogP contribution in [0.15, 0.2) is 30.6 Å². The van der Waals surface area contributed by atoms with Crippen LogP contribution in [0, 0.1) is 0 Å². The molecular weight excluding hydrogens is 250 g/mol. The van der Waals surface area contributed by atoms with Gasteiger partial charge in [0.2, 0.25) is 5.88 Å². The largest absolute Gasteiger partial charge is 0.479 e. The maximum absolute atomic E-state index is 6.02. The molecule has 94 valence electrons.